The molecule has 0 aliphatic carbocycles. The van der Waals surface area contributed by atoms with E-state index in [-0.39, 0.29) is 0 Å². The van der Waals surface area contributed by atoms with Crippen LogP contribution in [0.25, 0.3) is 101 Å². The molecule has 238 valence electrons. The number of hydrogen-bond acceptors (Lipinski definition) is 2. The number of para-hydroxylation sites is 1. The van der Waals surface area contributed by atoms with Gasteiger partial charge in [0.05, 0.1) is 11.0 Å². The first-order chi connectivity index (χ1) is 25.3. The number of thiophene rings is 2. The smallest absolute Gasteiger partial charge is 0.0547 e. The normalized spacial score (nSPS) is 11.9. The van der Waals surface area contributed by atoms with E-state index in [2.05, 4.69) is 180 Å². The van der Waals surface area contributed by atoms with Crippen LogP contribution in [-0.2, 0) is 0 Å². The molecule has 3 aromatic heterocycles. The predicted octanol–water partition coefficient (Wildman–Crippen LogP) is 14.5. The number of aromatic nitrogens is 1. The summed E-state index contributed by atoms with van der Waals surface area (Å²) in [6.45, 7) is 0. The first kappa shape index (κ1) is 28.8. The maximum Gasteiger partial charge on any atom is 0.0547 e. The highest BCUT2D eigenvalue weighted by Crippen LogP contribution is 2.43. The molecule has 0 amide bonds. The Morgan fingerprint density at radius 3 is 1.55 bits per heavy atom. The van der Waals surface area contributed by atoms with Crippen LogP contribution < -0.4 is 0 Å². The predicted molar refractivity (Wildman–Crippen MR) is 223 cm³/mol. The van der Waals surface area contributed by atoms with Crippen LogP contribution in [0.3, 0.4) is 0 Å². The van der Waals surface area contributed by atoms with Crippen LogP contribution in [0.15, 0.2) is 176 Å². The first-order valence-corrected chi connectivity index (χ1v) is 19.0. The van der Waals surface area contributed by atoms with Crippen molar-refractivity contribution in [3.8, 4) is 39.1 Å². The molecule has 0 bridgehead atoms. The zero-order chi connectivity index (χ0) is 33.5. The van der Waals surface area contributed by atoms with E-state index in [9.17, 15) is 0 Å². The van der Waals surface area contributed by atoms with Crippen LogP contribution in [-0.4, -0.2) is 4.57 Å². The third-order valence-electron chi connectivity index (χ3n) is 10.4. The Hall–Kier alpha value is -6.00. The maximum atomic E-state index is 2.42. The molecule has 0 aliphatic rings. The van der Waals surface area contributed by atoms with Crippen molar-refractivity contribution < 1.29 is 0 Å². The topological polar surface area (TPSA) is 4.93 Å². The quantitative estimate of drug-likeness (QED) is 0.174. The van der Waals surface area contributed by atoms with E-state index in [0.29, 0.717) is 0 Å². The van der Waals surface area contributed by atoms with E-state index in [1.54, 1.807) is 0 Å². The zero-order valence-corrected chi connectivity index (χ0v) is 29.1. The average molecular weight is 684 g/mol. The minimum atomic E-state index is 1.17. The molecule has 0 aliphatic heterocycles. The van der Waals surface area contributed by atoms with E-state index in [0.717, 1.165) is 0 Å². The Morgan fingerprint density at radius 1 is 0.314 bits per heavy atom. The molecule has 11 rings (SSSR count). The number of fused-ring (bicyclic) bond motifs is 9. The van der Waals surface area contributed by atoms with Crippen LogP contribution in [0.2, 0.25) is 0 Å². The highest BCUT2D eigenvalue weighted by Gasteiger charge is 2.17. The van der Waals surface area contributed by atoms with Gasteiger partial charge in [0.25, 0.3) is 0 Å². The SMILES string of the molecule is c1ccc(-c2ccc(-n3c4ccccc4c4c(-c5ccc6sc7ccc(-c8ccc9sc%10ccccc%10c9c8)cc7c6c5)cccc43)cc2)cc1. The third kappa shape index (κ3) is 4.52. The van der Waals surface area contributed by atoms with Gasteiger partial charge in [0.1, 0.15) is 0 Å². The van der Waals surface area contributed by atoms with Gasteiger partial charge in [-0.2, -0.15) is 0 Å². The second kappa shape index (κ2) is 11.3. The van der Waals surface area contributed by atoms with Crippen molar-refractivity contribution in [2.75, 3.05) is 0 Å². The summed E-state index contributed by atoms with van der Waals surface area (Å²) >= 11 is 3.75. The summed E-state index contributed by atoms with van der Waals surface area (Å²) in [7, 11) is 0. The van der Waals surface area contributed by atoms with Crippen molar-refractivity contribution >= 4 is 84.8 Å². The van der Waals surface area contributed by atoms with Crippen molar-refractivity contribution in [3.05, 3.63) is 176 Å². The molecular weight excluding hydrogens is 655 g/mol. The fourth-order valence-electron chi connectivity index (χ4n) is 8.00. The minimum absolute atomic E-state index is 1.17. The van der Waals surface area contributed by atoms with Gasteiger partial charge in [0, 0.05) is 56.8 Å². The van der Waals surface area contributed by atoms with Crippen LogP contribution in [0.4, 0.5) is 0 Å². The summed E-state index contributed by atoms with van der Waals surface area (Å²) in [5, 5.41) is 7.86. The second-order valence-corrected chi connectivity index (χ2v) is 15.5. The van der Waals surface area contributed by atoms with Crippen molar-refractivity contribution in [1.29, 1.82) is 0 Å². The number of hydrogen-bond donors (Lipinski definition) is 0. The monoisotopic (exact) mass is 683 g/mol. The van der Waals surface area contributed by atoms with E-state index < -0.39 is 0 Å². The Bertz CT molecular complexity index is 3120. The van der Waals surface area contributed by atoms with Gasteiger partial charge >= 0.3 is 0 Å². The molecule has 0 atom stereocenters. The lowest BCUT2D eigenvalue weighted by Crippen LogP contribution is -1.93. The van der Waals surface area contributed by atoms with Gasteiger partial charge in [-0.1, -0.05) is 109 Å². The number of rotatable bonds is 4. The average Bonchev–Trinajstić information content (AvgIpc) is 3.87. The van der Waals surface area contributed by atoms with Crippen LogP contribution in [0.1, 0.15) is 0 Å². The number of nitrogens with zero attached hydrogens (tertiary/aromatic N) is 1. The second-order valence-electron chi connectivity index (χ2n) is 13.3. The lowest BCUT2D eigenvalue weighted by atomic mass is 9.97. The molecule has 11 aromatic rings. The van der Waals surface area contributed by atoms with Crippen LogP contribution in [0, 0.1) is 0 Å². The molecule has 0 saturated carbocycles. The Morgan fingerprint density at radius 2 is 0.824 bits per heavy atom. The van der Waals surface area contributed by atoms with E-state index in [1.165, 1.54) is 101 Å². The molecule has 3 heteroatoms. The van der Waals surface area contributed by atoms with Crippen LogP contribution >= 0.6 is 22.7 Å². The summed E-state index contributed by atoms with van der Waals surface area (Å²) in [4.78, 5) is 0. The molecular formula is C48H29NS2. The molecule has 1 nitrogen and oxygen atoms in total. The van der Waals surface area contributed by atoms with Gasteiger partial charge in [-0.05, 0) is 100 Å². The standard InChI is InChI=1S/C48H29NS2/c1-2-9-30(10-3-1)31-17-22-35(23-18-31)49-42-14-6-4-12-38(42)48-36(13-8-15-43(48)49)34-21-26-47-41(29-34)40-28-33(20-25-46(40)51-47)32-19-24-45-39(27-32)37-11-5-7-16-44(37)50-45/h1-29H. The van der Waals surface area contributed by atoms with Gasteiger partial charge in [-0.25, -0.2) is 0 Å². The Labute approximate surface area is 302 Å². The fraction of sp³-hybridized carbons (Fsp3) is 0. The Balaban J connectivity index is 1.06. The van der Waals surface area contributed by atoms with E-state index in [4.69, 9.17) is 0 Å². The molecule has 51 heavy (non-hydrogen) atoms. The molecule has 0 radical (unpaired) electrons. The summed E-state index contributed by atoms with van der Waals surface area (Å²) < 4.78 is 7.74. The summed E-state index contributed by atoms with van der Waals surface area (Å²) in [6, 6.07) is 64.9. The fourth-order valence-corrected chi connectivity index (χ4v) is 10.2. The maximum absolute atomic E-state index is 2.42. The first-order valence-electron chi connectivity index (χ1n) is 17.3. The van der Waals surface area contributed by atoms with Gasteiger partial charge in [0.15, 0.2) is 0 Å². The molecule has 0 spiro atoms. The Kier molecular flexibility index (Phi) is 6.36. The summed E-state index contributed by atoms with van der Waals surface area (Å²) in [6.07, 6.45) is 0. The zero-order valence-electron chi connectivity index (χ0n) is 27.5. The largest absolute Gasteiger partial charge is 0.309 e. The molecule has 0 saturated heterocycles. The van der Waals surface area contributed by atoms with Crippen molar-refractivity contribution in [2.24, 2.45) is 0 Å². The number of benzene rings is 8. The molecule has 8 aromatic carbocycles. The molecule has 0 unspecified atom stereocenters. The third-order valence-corrected chi connectivity index (χ3v) is 12.7. The van der Waals surface area contributed by atoms with Gasteiger partial charge in [-0.15, -0.1) is 22.7 Å². The summed E-state index contributed by atoms with van der Waals surface area (Å²) in [5.74, 6) is 0. The molecule has 3 heterocycles. The highest BCUT2D eigenvalue weighted by molar-refractivity contribution is 7.26. The highest BCUT2D eigenvalue weighted by atomic mass is 32.1. The lowest BCUT2D eigenvalue weighted by molar-refractivity contribution is 1.18. The van der Waals surface area contributed by atoms with Gasteiger partial charge in [0.2, 0.25) is 0 Å². The van der Waals surface area contributed by atoms with Crippen LogP contribution in [0.5, 0.6) is 0 Å². The van der Waals surface area contributed by atoms with Crippen molar-refractivity contribution in [3.63, 3.8) is 0 Å². The van der Waals surface area contributed by atoms with Gasteiger partial charge in [-0.3, -0.25) is 0 Å². The van der Waals surface area contributed by atoms with Crippen molar-refractivity contribution in [2.45, 2.75) is 0 Å². The minimum Gasteiger partial charge on any atom is -0.309 e. The lowest BCUT2D eigenvalue weighted by Gasteiger charge is -2.10. The summed E-state index contributed by atoms with van der Waals surface area (Å²) in [5.41, 5.74) is 11.1. The van der Waals surface area contributed by atoms with E-state index in [1.807, 2.05) is 22.7 Å². The molecule has 0 fully saturated rings. The van der Waals surface area contributed by atoms with Gasteiger partial charge < -0.3 is 4.57 Å². The van der Waals surface area contributed by atoms with Crippen molar-refractivity contribution in [1.82, 2.24) is 4.57 Å². The molecule has 0 N–H and O–H groups in total. The van der Waals surface area contributed by atoms with E-state index >= 15 is 0 Å².